The zero-order valence-corrected chi connectivity index (χ0v) is 12.2. The Labute approximate surface area is 120 Å². The first kappa shape index (κ1) is 16.5. The fraction of sp³-hybridized carbons (Fsp3) is 0.562. The van der Waals surface area contributed by atoms with E-state index < -0.39 is 11.8 Å². The van der Waals surface area contributed by atoms with Crippen molar-refractivity contribution in [3.05, 3.63) is 29.6 Å². The Morgan fingerprint density at radius 3 is 2.45 bits per heavy atom. The van der Waals surface area contributed by atoms with Crippen LogP contribution < -0.4 is 5.73 Å². The Morgan fingerprint density at radius 1 is 1.15 bits per heavy atom. The van der Waals surface area contributed by atoms with E-state index in [9.17, 15) is 9.18 Å². The smallest absolute Gasteiger partial charge is 0.338 e. The van der Waals surface area contributed by atoms with Crippen molar-refractivity contribution in [3.63, 3.8) is 0 Å². The minimum absolute atomic E-state index is 0.0358. The van der Waals surface area contributed by atoms with Crippen molar-refractivity contribution in [3.8, 4) is 0 Å². The summed E-state index contributed by atoms with van der Waals surface area (Å²) in [4.78, 5) is 11.7. The van der Waals surface area contributed by atoms with Crippen LogP contribution in [0, 0.1) is 5.82 Å². The molecule has 0 bridgehead atoms. The Hall–Kier alpha value is -1.58. The van der Waals surface area contributed by atoms with Gasteiger partial charge in [-0.05, 0) is 24.6 Å². The van der Waals surface area contributed by atoms with Crippen molar-refractivity contribution in [1.82, 2.24) is 0 Å². The molecule has 0 heterocycles. The predicted molar refractivity (Wildman–Crippen MR) is 79.1 cm³/mol. The van der Waals surface area contributed by atoms with Gasteiger partial charge in [0.05, 0.1) is 17.9 Å². The van der Waals surface area contributed by atoms with Gasteiger partial charge in [-0.25, -0.2) is 9.18 Å². The molecule has 0 atom stereocenters. The van der Waals surface area contributed by atoms with Crippen LogP contribution in [0.25, 0.3) is 0 Å². The number of rotatable bonds is 9. The van der Waals surface area contributed by atoms with Crippen LogP contribution in [0.3, 0.4) is 0 Å². The summed E-state index contributed by atoms with van der Waals surface area (Å²) in [6, 6.07) is 3.97. The largest absolute Gasteiger partial charge is 0.462 e. The van der Waals surface area contributed by atoms with Crippen LogP contribution in [0.4, 0.5) is 10.1 Å². The van der Waals surface area contributed by atoms with E-state index in [4.69, 9.17) is 10.5 Å². The molecule has 0 aliphatic rings. The lowest BCUT2D eigenvalue weighted by Crippen LogP contribution is -2.07. The molecular weight excluding hydrogens is 257 g/mol. The summed E-state index contributed by atoms with van der Waals surface area (Å²) < 4.78 is 18.3. The fourth-order valence-corrected chi connectivity index (χ4v) is 1.96. The van der Waals surface area contributed by atoms with Gasteiger partial charge in [0.2, 0.25) is 0 Å². The number of hydrogen-bond donors (Lipinski definition) is 1. The number of carbonyl (C=O) groups is 1. The van der Waals surface area contributed by atoms with Crippen molar-refractivity contribution in [2.45, 2.75) is 51.9 Å². The molecule has 0 amide bonds. The van der Waals surface area contributed by atoms with E-state index in [-0.39, 0.29) is 11.3 Å². The first-order valence-electron chi connectivity index (χ1n) is 7.37. The number of ether oxygens (including phenoxy) is 1. The molecule has 0 spiro atoms. The second kappa shape index (κ2) is 9.34. The molecule has 1 rings (SSSR count). The van der Waals surface area contributed by atoms with Gasteiger partial charge < -0.3 is 10.5 Å². The van der Waals surface area contributed by atoms with Crippen LogP contribution >= 0.6 is 0 Å². The maximum atomic E-state index is 13.2. The molecule has 0 aromatic heterocycles. The molecule has 0 aliphatic carbocycles. The highest BCUT2D eigenvalue weighted by atomic mass is 19.1. The van der Waals surface area contributed by atoms with Crippen LogP contribution in [0.1, 0.15) is 62.2 Å². The van der Waals surface area contributed by atoms with E-state index in [1.165, 1.54) is 44.2 Å². The average molecular weight is 281 g/mol. The number of benzene rings is 1. The van der Waals surface area contributed by atoms with E-state index in [0.29, 0.717) is 6.61 Å². The SMILES string of the molecule is CCCCCCCCCOC(=O)c1ccc(N)c(F)c1. The van der Waals surface area contributed by atoms with E-state index in [2.05, 4.69) is 6.92 Å². The number of nitrogens with two attached hydrogens (primary N) is 1. The van der Waals surface area contributed by atoms with Gasteiger partial charge in [-0.1, -0.05) is 45.4 Å². The molecule has 20 heavy (non-hydrogen) atoms. The highest BCUT2D eigenvalue weighted by Gasteiger charge is 2.09. The third-order valence-electron chi connectivity index (χ3n) is 3.22. The molecular formula is C16H24FNO2. The van der Waals surface area contributed by atoms with Crippen molar-refractivity contribution >= 4 is 11.7 Å². The highest BCUT2D eigenvalue weighted by molar-refractivity contribution is 5.89. The topological polar surface area (TPSA) is 52.3 Å². The molecule has 1 aromatic carbocycles. The lowest BCUT2D eigenvalue weighted by molar-refractivity contribution is 0.0497. The van der Waals surface area contributed by atoms with Crippen LogP contribution in [-0.4, -0.2) is 12.6 Å². The normalized spacial score (nSPS) is 10.5. The predicted octanol–water partition coefficient (Wildman–Crippen LogP) is 4.32. The van der Waals surface area contributed by atoms with Gasteiger partial charge in [0, 0.05) is 0 Å². The van der Waals surface area contributed by atoms with Gasteiger partial charge in [-0.15, -0.1) is 0 Å². The van der Waals surface area contributed by atoms with Crippen molar-refractivity contribution in [1.29, 1.82) is 0 Å². The standard InChI is InChI=1S/C16H24FNO2/c1-2-3-4-5-6-7-8-11-20-16(19)13-9-10-15(18)14(17)12-13/h9-10,12H,2-8,11,18H2,1H3. The molecule has 0 aliphatic heterocycles. The van der Waals surface area contributed by atoms with Crippen molar-refractivity contribution in [2.75, 3.05) is 12.3 Å². The molecule has 0 radical (unpaired) electrons. The third kappa shape index (κ3) is 6.04. The number of halogens is 1. The molecule has 112 valence electrons. The number of hydrogen-bond acceptors (Lipinski definition) is 3. The van der Waals surface area contributed by atoms with Gasteiger partial charge in [0.15, 0.2) is 0 Å². The van der Waals surface area contributed by atoms with Crippen LogP contribution in [0.2, 0.25) is 0 Å². The third-order valence-corrected chi connectivity index (χ3v) is 3.22. The fourth-order valence-electron chi connectivity index (χ4n) is 1.96. The summed E-state index contributed by atoms with van der Waals surface area (Å²) in [6.07, 6.45) is 8.15. The molecule has 0 saturated carbocycles. The van der Waals surface area contributed by atoms with Crippen molar-refractivity contribution < 1.29 is 13.9 Å². The molecule has 1 aromatic rings. The molecule has 2 N–H and O–H groups in total. The van der Waals surface area contributed by atoms with Gasteiger partial charge in [-0.3, -0.25) is 0 Å². The minimum Gasteiger partial charge on any atom is -0.462 e. The Morgan fingerprint density at radius 2 is 1.80 bits per heavy atom. The van der Waals surface area contributed by atoms with Crippen molar-refractivity contribution in [2.24, 2.45) is 0 Å². The Kier molecular flexibility index (Phi) is 7.70. The number of esters is 1. The molecule has 4 heteroatoms. The average Bonchev–Trinajstić information content (AvgIpc) is 2.44. The second-order valence-electron chi connectivity index (χ2n) is 4.99. The number of nitrogen functional groups attached to an aromatic ring is 1. The quantitative estimate of drug-likeness (QED) is 0.417. The lowest BCUT2D eigenvalue weighted by Gasteiger charge is -2.05. The van der Waals surface area contributed by atoms with E-state index in [1.807, 2.05) is 0 Å². The Bertz CT molecular complexity index is 421. The molecule has 0 fully saturated rings. The van der Waals surface area contributed by atoms with E-state index >= 15 is 0 Å². The van der Waals surface area contributed by atoms with E-state index in [1.54, 1.807) is 0 Å². The zero-order valence-electron chi connectivity index (χ0n) is 12.2. The molecule has 0 saturated heterocycles. The van der Waals surface area contributed by atoms with Gasteiger partial charge in [-0.2, -0.15) is 0 Å². The first-order chi connectivity index (χ1) is 9.65. The lowest BCUT2D eigenvalue weighted by atomic mass is 10.1. The van der Waals surface area contributed by atoms with Gasteiger partial charge in [0.25, 0.3) is 0 Å². The van der Waals surface area contributed by atoms with Crippen LogP contribution in [0.5, 0.6) is 0 Å². The summed E-state index contributed by atoms with van der Waals surface area (Å²) in [5.41, 5.74) is 5.60. The number of unbranched alkanes of at least 4 members (excludes halogenated alkanes) is 6. The summed E-state index contributed by atoms with van der Waals surface area (Å²) >= 11 is 0. The minimum atomic E-state index is -0.588. The summed E-state index contributed by atoms with van der Waals surface area (Å²) in [7, 11) is 0. The number of carbonyl (C=O) groups excluding carboxylic acids is 1. The first-order valence-corrected chi connectivity index (χ1v) is 7.37. The second-order valence-corrected chi connectivity index (χ2v) is 4.99. The van der Waals surface area contributed by atoms with Crippen LogP contribution in [-0.2, 0) is 4.74 Å². The van der Waals surface area contributed by atoms with Gasteiger partial charge >= 0.3 is 5.97 Å². The summed E-state index contributed by atoms with van der Waals surface area (Å²) in [5.74, 6) is -1.08. The van der Waals surface area contributed by atoms with Crippen LogP contribution in [0.15, 0.2) is 18.2 Å². The monoisotopic (exact) mass is 281 g/mol. The molecule has 0 unspecified atom stereocenters. The number of anilines is 1. The maximum absolute atomic E-state index is 13.2. The summed E-state index contributed by atoms with van der Waals surface area (Å²) in [6.45, 7) is 2.58. The zero-order chi connectivity index (χ0) is 14.8. The highest BCUT2D eigenvalue weighted by Crippen LogP contribution is 2.13. The maximum Gasteiger partial charge on any atom is 0.338 e. The summed E-state index contributed by atoms with van der Waals surface area (Å²) in [5, 5.41) is 0. The van der Waals surface area contributed by atoms with Gasteiger partial charge in [0.1, 0.15) is 5.82 Å². The Balaban J connectivity index is 2.15. The molecule has 3 nitrogen and oxygen atoms in total. The van der Waals surface area contributed by atoms with E-state index in [0.717, 1.165) is 18.9 Å².